The summed E-state index contributed by atoms with van der Waals surface area (Å²) in [7, 11) is 0. The van der Waals surface area contributed by atoms with Crippen LogP contribution >= 0.6 is 22.9 Å². The van der Waals surface area contributed by atoms with E-state index in [-0.39, 0.29) is 12.4 Å². The molecule has 0 atom stereocenters. The molecule has 0 fully saturated rings. The van der Waals surface area contributed by atoms with Gasteiger partial charge in [-0.05, 0) is 35.7 Å². The molecule has 25 heavy (non-hydrogen) atoms. The van der Waals surface area contributed by atoms with Gasteiger partial charge in [-0.3, -0.25) is 4.79 Å². The topological polar surface area (TPSA) is 43.4 Å². The standard InChI is InChI=1S/C20H15ClO3S/c21-19-11-10-18(25-19)17(22)13-24-20(23)16-9-5-4-8-15(16)12-14-6-2-1-3-7-14/h1-11H,12-13H2. The van der Waals surface area contributed by atoms with Crippen molar-refractivity contribution >= 4 is 34.7 Å². The molecule has 0 aliphatic rings. The average Bonchev–Trinajstić information content (AvgIpc) is 3.07. The van der Waals surface area contributed by atoms with Crippen LogP contribution in [-0.2, 0) is 11.2 Å². The Morgan fingerprint density at radius 2 is 1.64 bits per heavy atom. The number of esters is 1. The van der Waals surface area contributed by atoms with Crippen molar-refractivity contribution in [3.05, 3.63) is 92.6 Å². The molecule has 3 rings (SSSR count). The third kappa shape index (κ3) is 4.56. The summed E-state index contributed by atoms with van der Waals surface area (Å²) < 4.78 is 5.74. The maximum Gasteiger partial charge on any atom is 0.338 e. The molecule has 126 valence electrons. The molecular formula is C20H15ClO3S. The van der Waals surface area contributed by atoms with Gasteiger partial charge >= 0.3 is 5.97 Å². The molecule has 0 aliphatic heterocycles. The fourth-order valence-electron chi connectivity index (χ4n) is 2.43. The number of ketones is 1. The predicted octanol–water partition coefficient (Wildman–Crippen LogP) is 5.03. The van der Waals surface area contributed by atoms with E-state index in [4.69, 9.17) is 16.3 Å². The molecule has 0 bridgehead atoms. The van der Waals surface area contributed by atoms with E-state index in [1.54, 1.807) is 24.3 Å². The zero-order valence-corrected chi connectivity index (χ0v) is 14.8. The quantitative estimate of drug-likeness (QED) is 0.451. The van der Waals surface area contributed by atoms with Gasteiger partial charge in [0.25, 0.3) is 0 Å². The van der Waals surface area contributed by atoms with Crippen molar-refractivity contribution in [1.82, 2.24) is 0 Å². The number of carbonyl (C=O) groups excluding carboxylic acids is 2. The van der Waals surface area contributed by atoms with Gasteiger partial charge in [-0.25, -0.2) is 4.79 Å². The van der Waals surface area contributed by atoms with E-state index in [1.807, 2.05) is 42.5 Å². The first-order valence-corrected chi connectivity index (χ1v) is 8.90. The lowest BCUT2D eigenvalue weighted by atomic mass is 10.00. The van der Waals surface area contributed by atoms with Gasteiger partial charge in [0.05, 0.1) is 14.8 Å². The minimum atomic E-state index is -0.498. The van der Waals surface area contributed by atoms with Crippen molar-refractivity contribution in [2.24, 2.45) is 0 Å². The maximum absolute atomic E-state index is 12.4. The van der Waals surface area contributed by atoms with E-state index in [1.165, 1.54) is 11.3 Å². The molecule has 1 heterocycles. The highest BCUT2D eigenvalue weighted by atomic mass is 35.5. The van der Waals surface area contributed by atoms with Gasteiger partial charge in [-0.15, -0.1) is 11.3 Å². The molecule has 0 amide bonds. The molecule has 0 aliphatic carbocycles. The van der Waals surface area contributed by atoms with Gasteiger partial charge < -0.3 is 4.74 Å². The minimum Gasteiger partial charge on any atom is -0.454 e. The van der Waals surface area contributed by atoms with Crippen LogP contribution in [0, 0.1) is 0 Å². The molecule has 0 N–H and O–H groups in total. The molecular weight excluding hydrogens is 356 g/mol. The lowest BCUT2D eigenvalue weighted by Gasteiger charge is -2.09. The first-order valence-electron chi connectivity index (χ1n) is 7.71. The van der Waals surface area contributed by atoms with E-state index in [2.05, 4.69) is 0 Å². The van der Waals surface area contributed by atoms with Gasteiger partial charge in [-0.2, -0.15) is 0 Å². The van der Waals surface area contributed by atoms with Crippen LogP contribution in [0.2, 0.25) is 4.34 Å². The van der Waals surface area contributed by atoms with Crippen LogP contribution in [0.25, 0.3) is 0 Å². The van der Waals surface area contributed by atoms with Crippen LogP contribution in [-0.4, -0.2) is 18.4 Å². The first kappa shape index (κ1) is 17.4. The average molecular weight is 371 g/mol. The number of hydrogen-bond donors (Lipinski definition) is 0. The zero-order valence-electron chi connectivity index (χ0n) is 13.3. The number of rotatable bonds is 6. The molecule has 0 saturated heterocycles. The minimum absolute atomic E-state index is 0.259. The Balaban J connectivity index is 1.69. The second kappa shape index (κ2) is 8.10. The van der Waals surface area contributed by atoms with Crippen LogP contribution < -0.4 is 0 Å². The summed E-state index contributed by atoms with van der Waals surface area (Å²) in [5.41, 5.74) is 2.45. The second-order valence-corrected chi connectivity index (χ2v) is 7.14. The normalized spacial score (nSPS) is 10.4. The van der Waals surface area contributed by atoms with Crippen LogP contribution in [0.3, 0.4) is 0 Å². The third-order valence-electron chi connectivity index (χ3n) is 3.66. The van der Waals surface area contributed by atoms with E-state index in [0.29, 0.717) is 21.2 Å². The van der Waals surface area contributed by atoms with Gasteiger partial charge in [0, 0.05) is 0 Å². The highest BCUT2D eigenvalue weighted by Gasteiger charge is 2.16. The van der Waals surface area contributed by atoms with Gasteiger partial charge in [0.2, 0.25) is 5.78 Å². The molecule has 3 aromatic rings. The van der Waals surface area contributed by atoms with Gasteiger partial charge in [-0.1, -0.05) is 60.1 Å². The molecule has 1 aromatic heterocycles. The number of halogens is 1. The monoisotopic (exact) mass is 370 g/mol. The first-order chi connectivity index (χ1) is 12.1. The van der Waals surface area contributed by atoms with E-state index in [0.717, 1.165) is 11.1 Å². The van der Waals surface area contributed by atoms with Crippen molar-refractivity contribution < 1.29 is 14.3 Å². The fourth-order valence-corrected chi connectivity index (χ4v) is 3.40. The predicted molar refractivity (Wildman–Crippen MR) is 99.6 cm³/mol. The smallest absolute Gasteiger partial charge is 0.338 e. The van der Waals surface area contributed by atoms with Crippen LogP contribution in [0.15, 0.2) is 66.7 Å². The molecule has 0 unspecified atom stereocenters. The largest absolute Gasteiger partial charge is 0.454 e. The van der Waals surface area contributed by atoms with Crippen molar-refractivity contribution in [3.63, 3.8) is 0 Å². The number of carbonyl (C=O) groups is 2. The summed E-state index contributed by atoms with van der Waals surface area (Å²) in [4.78, 5) is 24.9. The van der Waals surface area contributed by atoms with Crippen molar-refractivity contribution in [3.8, 4) is 0 Å². The van der Waals surface area contributed by atoms with Crippen LogP contribution in [0.1, 0.15) is 31.2 Å². The van der Waals surface area contributed by atoms with Gasteiger partial charge in [0.1, 0.15) is 0 Å². The highest BCUT2D eigenvalue weighted by Crippen LogP contribution is 2.22. The lowest BCUT2D eigenvalue weighted by Crippen LogP contribution is -2.15. The molecule has 0 spiro atoms. The number of ether oxygens (including phenoxy) is 1. The summed E-state index contributed by atoms with van der Waals surface area (Å²) in [5, 5.41) is 0. The lowest BCUT2D eigenvalue weighted by molar-refractivity contribution is 0.0475. The Morgan fingerprint density at radius 3 is 2.36 bits per heavy atom. The van der Waals surface area contributed by atoms with Crippen molar-refractivity contribution in [1.29, 1.82) is 0 Å². The summed E-state index contributed by atoms with van der Waals surface area (Å²) >= 11 is 6.99. The Hall–Kier alpha value is -2.43. The molecule has 3 nitrogen and oxygen atoms in total. The summed E-state index contributed by atoms with van der Waals surface area (Å²) in [6.45, 7) is -0.296. The Morgan fingerprint density at radius 1 is 0.920 bits per heavy atom. The maximum atomic E-state index is 12.4. The number of thiophene rings is 1. The van der Waals surface area contributed by atoms with Crippen LogP contribution in [0.5, 0.6) is 0 Å². The van der Waals surface area contributed by atoms with E-state index < -0.39 is 5.97 Å². The fraction of sp³-hybridized carbons (Fsp3) is 0.100. The van der Waals surface area contributed by atoms with Crippen LogP contribution in [0.4, 0.5) is 0 Å². The highest BCUT2D eigenvalue weighted by molar-refractivity contribution is 7.18. The third-order valence-corrected chi connectivity index (χ3v) is 4.93. The Labute approximate surface area is 154 Å². The molecule has 0 saturated carbocycles. The van der Waals surface area contributed by atoms with E-state index >= 15 is 0 Å². The Bertz CT molecular complexity index is 887. The second-order valence-electron chi connectivity index (χ2n) is 5.42. The van der Waals surface area contributed by atoms with Crippen molar-refractivity contribution in [2.45, 2.75) is 6.42 Å². The molecule has 5 heteroatoms. The van der Waals surface area contributed by atoms with Gasteiger partial charge in [0.15, 0.2) is 6.61 Å². The Kier molecular flexibility index (Phi) is 5.64. The SMILES string of the molecule is O=C(COC(=O)c1ccccc1Cc1ccccc1)c1ccc(Cl)s1. The number of benzene rings is 2. The van der Waals surface area contributed by atoms with E-state index in [9.17, 15) is 9.59 Å². The molecule has 2 aromatic carbocycles. The number of hydrogen-bond acceptors (Lipinski definition) is 4. The number of Topliss-reactive ketones (excluding diaryl/α,β-unsaturated/α-hetero) is 1. The summed E-state index contributed by atoms with van der Waals surface area (Å²) in [6, 6.07) is 20.4. The zero-order chi connectivity index (χ0) is 17.6. The van der Waals surface area contributed by atoms with Crippen molar-refractivity contribution in [2.75, 3.05) is 6.61 Å². The summed E-state index contributed by atoms with van der Waals surface area (Å²) in [6.07, 6.45) is 0.626. The summed E-state index contributed by atoms with van der Waals surface area (Å²) in [5.74, 6) is -0.756. The molecule has 0 radical (unpaired) electrons.